The van der Waals surface area contributed by atoms with Crippen LogP contribution in [-0.4, -0.2) is 16.2 Å². The Bertz CT molecular complexity index is 1430. The van der Waals surface area contributed by atoms with Gasteiger partial charge in [0.1, 0.15) is 0 Å². The maximum absolute atomic E-state index is 13.2. The standard InChI is InChI=1S/C27H21F3N4O2/c1-16-8-10-18(11-9-16)23-22(25-32-24(33-36-25)19-6-4-3-5-7-19)17(2)34(26(35)31-23)21-14-12-20(13-15-21)27(28,29)30/h3-15,23H,1-2H3,(H,31,35). The highest BCUT2D eigenvalue weighted by Crippen LogP contribution is 2.40. The molecular weight excluding hydrogens is 469 g/mol. The SMILES string of the molecule is CC1=C(c2nc(-c3ccccc3)no2)C(c2ccc(C)cc2)NC(=O)N1c1ccc(C(F)(F)F)cc1. The lowest BCUT2D eigenvalue weighted by atomic mass is 9.94. The largest absolute Gasteiger partial charge is 0.416 e. The summed E-state index contributed by atoms with van der Waals surface area (Å²) in [6.07, 6.45) is -4.48. The number of urea groups is 1. The summed E-state index contributed by atoms with van der Waals surface area (Å²) >= 11 is 0. The molecule has 4 aromatic rings. The number of carbonyl (C=O) groups excluding carboxylic acids is 1. The Morgan fingerprint density at radius 1 is 0.917 bits per heavy atom. The quantitative estimate of drug-likeness (QED) is 0.343. The van der Waals surface area contributed by atoms with Gasteiger partial charge in [0.05, 0.1) is 22.9 Å². The van der Waals surface area contributed by atoms with Crippen molar-refractivity contribution < 1.29 is 22.5 Å². The first-order valence-electron chi connectivity index (χ1n) is 11.2. The monoisotopic (exact) mass is 490 g/mol. The minimum Gasteiger partial charge on any atom is -0.334 e. The van der Waals surface area contributed by atoms with Gasteiger partial charge in [0.2, 0.25) is 5.82 Å². The lowest BCUT2D eigenvalue weighted by molar-refractivity contribution is -0.137. The lowest BCUT2D eigenvalue weighted by Gasteiger charge is -2.35. The maximum atomic E-state index is 13.2. The number of hydrogen-bond acceptors (Lipinski definition) is 4. The second-order valence-electron chi connectivity index (χ2n) is 8.46. The molecule has 6 nitrogen and oxygen atoms in total. The van der Waals surface area contributed by atoms with E-state index in [0.717, 1.165) is 28.8 Å². The van der Waals surface area contributed by atoms with Crippen molar-refractivity contribution in [2.24, 2.45) is 0 Å². The second kappa shape index (κ2) is 8.99. The van der Waals surface area contributed by atoms with E-state index < -0.39 is 23.8 Å². The lowest BCUT2D eigenvalue weighted by Crippen LogP contribution is -2.46. The first-order valence-corrected chi connectivity index (χ1v) is 11.2. The predicted octanol–water partition coefficient (Wildman–Crippen LogP) is 6.77. The molecule has 2 amide bonds. The van der Waals surface area contributed by atoms with Crippen LogP contribution in [-0.2, 0) is 6.18 Å². The maximum Gasteiger partial charge on any atom is 0.416 e. The van der Waals surface area contributed by atoms with Gasteiger partial charge in [-0.1, -0.05) is 65.3 Å². The number of amides is 2. The molecule has 1 aliphatic heterocycles. The number of allylic oxidation sites excluding steroid dienone is 1. The van der Waals surface area contributed by atoms with E-state index in [1.165, 1.54) is 17.0 Å². The highest BCUT2D eigenvalue weighted by Gasteiger charge is 2.37. The Balaban J connectivity index is 1.63. The van der Waals surface area contributed by atoms with Crippen molar-refractivity contribution in [1.29, 1.82) is 0 Å². The molecule has 182 valence electrons. The Kier molecular flexibility index (Phi) is 5.83. The van der Waals surface area contributed by atoms with Crippen molar-refractivity contribution >= 4 is 17.3 Å². The summed E-state index contributed by atoms with van der Waals surface area (Å²) in [7, 11) is 0. The molecule has 5 rings (SSSR count). The normalized spacial score (nSPS) is 16.3. The number of nitrogens with zero attached hydrogens (tertiary/aromatic N) is 3. The van der Waals surface area contributed by atoms with Gasteiger partial charge in [-0.2, -0.15) is 18.2 Å². The average molecular weight is 490 g/mol. The van der Waals surface area contributed by atoms with E-state index >= 15 is 0 Å². The third-order valence-corrected chi connectivity index (χ3v) is 6.04. The molecule has 1 aromatic heterocycles. The molecule has 0 fully saturated rings. The van der Waals surface area contributed by atoms with Gasteiger partial charge in [-0.25, -0.2) is 4.79 Å². The summed E-state index contributed by atoms with van der Waals surface area (Å²) < 4.78 is 44.9. The minimum atomic E-state index is -4.48. The van der Waals surface area contributed by atoms with Gasteiger partial charge >= 0.3 is 12.2 Å². The number of alkyl halides is 3. The van der Waals surface area contributed by atoms with Gasteiger partial charge < -0.3 is 9.84 Å². The third-order valence-electron chi connectivity index (χ3n) is 6.04. The summed E-state index contributed by atoms with van der Waals surface area (Å²) in [5.41, 5.74) is 3.11. The van der Waals surface area contributed by atoms with Crippen LogP contribution in [0.1, 0.15) is 35.5 Å². The zero-order valence-corrected chi connectivity index (χ0v) is 19.4. The summed E-state index contributed by atoms with van der Waals surface area (Å²) in [6, 6.07) is 20.3. The molecule has 1 atom stereocenters. The van der Waals surface area contributed by atoms with Crippen molar-refractivity contribution in [3.63, 3.8) is 0 Å². The van der Waals surface area contributed by atoms with E-state index in [1.54, 1.807) is 6.92 Å². The molecule has 1 unspecified atom stereocenters. The molecule has 36 heavy (non-hydrogen) atoms. The zero-order valence-electron chi connectivity index (χ0n) is 19.4. The van der Waals surface area contributed by atoms with Crippen molar-refractivity contribution in [3.05, 3.63) is 107 Å². The van der Waals surface area contributed by atoms with Crippen LogP contribution in [0.5, 0.6) is 0 Å². The molecule has 0 saturated carbocycles. The van der Waals surface area contributed by atoms with Gasteiger partial charge in [0.25, 0.3) is 5.89 Å². The molecule has 0 saturated heterocycles. The van der Waals surface area contributed by atoms with Crippen LogP contribution in [0.4, 0.5) is 23.7 Å². The second-order valence-corrected chi connectivity index (χ2v) is 8.46. The fourth-order valence-corrected chi connectivity index (χ4v) is 4.18. The van der Waals surface area contributed by atoms with Crippen molar-refractivity contribution in [1.82, 2.24) is 15.5 Å². The van der Waals surface area contributed by atoms with Crippen molar-refractivity contribution in [2.45, 2.75) is 26.1 Å². The van der Waals surface area contributed by atoms with Crippen LogP contribution in [0.2, 0.25) is 0 Å². The van der Waals surface area contributed by atoms with E-state index in [-0.39, 0.29) is 11.6 Å². The van der Waals surface area contributed by atoms with E-state index in [0.29, 0.717) is 17.1 Å². The van der Waals surface area contributed by atoms with Crippen LogP contribution in [0.25, 0.3) is 17.0 Å². The summed E-state index contributed by atoms with van der Waals surface area (Å²) in [6.45, 7) is 3.67. The van der Waals surface area contributed by atoms with E-state index in [2.05, 4.69) is 15.5 Å². The van der Waals surface area contributed by atoms with E-state index in [9.17, 15) is 18.0 Å². The first-order chi connectivity index (χ1) is 17.2. The number of hydrogen-bond donors (Lipinski definition) is 1. The topological polar surface area (TPSA) is 71.3 Å². The van der Waals surface area contributed by atoms with Crippen LogP contribution in [0.3, 0.4) is 0 Å². The number of halogens is 3. The molecular formula is C27H21F3N4O2. The number of anilines is 1. The molecule has 1 N–H and O–H groups in total. The summed E-state index contributed by atoms with van der Waals surface area (Å²) in [5, 5.41) is 7.07. The minimum absolute atomic E-state index is 0.203. The van der Waals surface area contributed by atoms with Crippen molar-refractivity contribution in [3.8, 4) is 11.4 Å². The van der Waals surface area contributed by atoms with Crippen LogP contribution in [0, 0.1) is 6.92 Å². The molecule has 0 aliphatic carbocycles. The summed E-state index contributed by atoms with van der Waals surface area (Å²) in [5.74, 6) is 0.584. The molecule has 2 heterocycles. The van der Waals surface area contributed by atoms with Gasteiger partial charge in [0, 0.05) is 11.3 Å². The number of aryl methyl sites for hydroxylation is 1. The molecule has 0 radical (unpaired) electrons. The highest BCUT2D eigenvalue weighted by atomic mass is 19.4. The van der Waals surface area contributed by atoms with Gasteiger partial charge in [0.15, 0.2) is 0 Å². The first kappa shape index (κ1) is 23.3. The molecule has 9 heteroatoms. The highest BCUT2D eigenvalue weighted by molar-refractivity contribution is 6.01. The third kappa shape index (κ3) is 4.35. The van der Waals surface area contributed by atoms with Gasteiger partial charge in [-0.05, 0) is 43.7 Å². The Labute approximate surface area is 205 Å². The predicted molar refractivity (Wildman–Crippen MR) is 129 cm³/mol. The fourth-order valence-electron chi connectivity index (χ4n) is 4.18. The van der Waals surface area contributed by atoms with E-state index in [4.69, 9.17) is 4.52 Å². The smallest absolute Gasteiger partial charge is 0.334 e. The molecule has 3 aromatic carbocycles. The Morgan fingerprint density at radius 3 is 2.22 bits per heavy atom. The van der Waals surface area contributed by atoms with Gasteiger partial charge in [-0.15, -0.1) is 0 Å². The van der Waals surface area contributed by atoms with Gasteiger partial charge in [-0.3, -0.25) is 4.90 Å². The average Bonchev–Trinajstić information content (AvgIpc) is 3.34. The Hall–Kier alpha value is -4.40. The number of rotatable bonds is 4. The number of nitrogens with one attached hydrogen (secondary N) is 1. The van der Waals surface area contributed by atoms with Crippen LogP contribution >= 0.6 is 0 Å². The Morgan fingerprint density at radius 2 is 1.58 bits per heavy atom. The van der Waals surface area contributed by atoms with Crippen molar-refractivity contribution in [2.75, 3.05) is 4.90 Å². The molecule has 1 aliphatic rings. The number of benzene rings is 3. The summed E-state index contributed by atoms with van der Waals surface area (Å²) in [4.78, 5) is 19.1. The number of aromatic nitrogens is 2. The van der Waals surface area contributed by atoms with Crippen LogP contribution in [0.15, 0.2) is 89.1 Å². The fraction of sp³-hybridized carbons (Fsp3) is 0.148. The molecule has 0 bridgehead atoms. The zero-order chi connectivity index (χ0) is 25.4. The van der Waals surface area contributed by atoms with E-state index in [1.807, 2.05) is 61.5 Å². The number of carbonyl (C=O) groups is 1. The van der Waals surface area contributed by atoms with Crippen LogP contribution < -0.4 is 10.2 Å². The molecule has 0 spiro atoms.